The van der Waals surface area contributed by atoms with E-state index in [1.165, 1.54) is 18.1 Å². The van der Waals surface area contributed by atoms with E-state index in [2.05, 4.69) is 20.8 Å². The predicted octanol–water partition coefficient (Wildman–Crippen LogP) is 2.46. The fourth-order valence-electron chi connectivity index (χ4n) is 2.14. The topological polar surface area (TPSA) is 61.3 Å². The van der Waals surface area contributed by atoms with Gasteiger partial charge in [-0.2, -0.15) is 0 Å². The van der Waals surface area contributed by atoms with Gasteiger partial charge in [0.15, 0.2) is 8.32 Å². The molecule has 0 aromatic heterocycles. The van der Waals surface area contributed by atoms with Gasteiger partial charge in [0, 0.05) is 6.10 Å². The Morgan fingerprint density at radius 3 is 2.06 bits per heavy atom. The van der Waals surface area contributed by atoms with E-state index in [-0.39, 0.29) is 0 Å². The van der Waals surface area contributed by atoms with E-state index in [1.54, 1.807) is 0 Å². The molecule has 0 radical (unpaired) electrons. The molecule has 0 aliphatic carbocycles. The van der Waals surface area contributed by atoms with Crippen LogP contribution < -0.4 is 11.5 Å². The third-order valence-corrected chi connectivity index (χ3v) is 8.14. The lowest BCUT2D eigenvalue weighted by Gasteiger charge is -2.32. The predicted molar refractivity (Wildman–Crippen MR) is 74.0 cm³/mol. The van der Waals surface area contributed by atoms with Crippen LogP contribution in [0.2, 0.25) is 18.1 Å². The molecule has 4 heteroatoms. The summed E-state index contributed by atoms with van der Waals surface area (Å²) in [5.74, 6) is 0. The summed E-state index contributed by atoms with van der Waals surface area (Å²) in [5.41, 5.74) is 11.1. The first kappa shape index (κ1) is 16.1. The summed E-state index contributed by atoms with van der Waals surface area (Å²) in [6.07, 6.45) is 3.63. The molecule has 98 valence electrons. The van der Waals surface area contributed by atoms with Crippen LogP contribution in [0.3, 0.4) is 0 Å². The number of hydrogen-bond acceptors (Lipinski definition) is 3. The maximum Gasteiger partial charge on any atom is 0.192 e. The van der Waals surface area contributed by atoms with E-state index in [9.17, 15) is 0 Å². The van der Waals surface area contributed by atoms with Crippen LogP contribution >= 0.6 is 0 Å². The van der Waals surface area contributed by atoms with E-state index >= 15 is 0 Å². The smallest absolute Gasteiger partial charge is 0.192 e. The van der Waals surface area contributed by atoms with Crippen molar-refractivity contribution in [1.82, 2.24) is 0 Å². The first-order valence-electron chi connectivity index (χ1n) is 6.72. The van der Waals surface area contributed by atoms with E-state index in [0.29, 0.717) is 6.10 Å². The molecule has 1 atom stereocenters. The highest BCUT2D eigenvalue weighted by Gasteiger charge is 2.31. The quantitative estimate of drug-likeness (QED) is 0.582. The Kier molecular flexibility index (Phi) is 9.22. The molecule has 1 unspecified atom stereocenters. The Bertz CT molecular complexity index is 163. The van der Waals surface area contributed by atoms with Gasteiger partial charge < -0.3 is 15.9 Å². The maximum atomic E-state index is 6.37. The second-order valence-corrected chi connectivity index (χ2v) is 9.16. The number of nitrogens with two attached hydrogens (primary N) is 2. The van der Waals surface area contributed by atoms with Gasteiger partial charge in [-0.1, -0.05) is 13.8 Å². The van der Waals surface area contributed by atoms with Crippen molar-refractivity contribution < 1.29 is 4.43 Å². The number of rotatable bonds is 10. The van der Waals surface area contributed by atoms with E-state index in [4.69, 9.17) is 15.9 Å². The Labute approximate surface area is 102 Å². The molecule has 0 spiro atoms. The first-order valence-corrected chi connectivity index (χ1v) is 9.25. The average molecular weight is 246 g/mol. The van der Waals surface area contributed by atoms with Crippen LogP contribution in [0.15, 0.2) is 0 Å². The van der Waals surface area contributed by atoms with Gasteiger partial charge in [0.25, 0.3) is 0 Å². The first-order chi connectivity index (χ1) is 7.64. The Morgan fingerprint density at radius 2 is 1.62 bits per heavy atom. The van der Waals surface area contributed by atoms with Crippen molar-refractivity contribution in [2.45, 2.75) is 64.3 Å². The van der Waals surface area contributed by atoms with Crippen LogP contribution in [0.1, 0.15) is 40.0 Å². The van der Waals surface area contributed by atoms with Crippen molar-refractivity contribution in [1.29, 1.82) is 0 Å². The molecule has 0 aromatic carbocycles. The lowest BCUT2D eigenvalue weighted by atomic mass is 10.2. The van der Waals surface area contributed by atoms with Gasteiger partial charge >= 0.3 is 0 Å². The van der Waals surface area contributed by atoms with Crippen molar-refractivity contribution >= 4 is 8.32 Å². The third-order valence-electron chi connectivity index (χ3n) is 3.39. The zero-order valence-corrected chi connectivity index (χ0v) is 12.3. The van der Waals surface area contributed by atoms with Crippen LogP contribution in [0.25, 0.3) is 0 Å². The molecule has 0 aromatic rings. The third kappa shape index (κ3) is 5.99. The lowest BCUT2D eigenvalue weighted by molar-refractivity contribution is 0.192. The average Bonchev–Trinajstić information content (AvgIpc) is 2.32. The van der Waals surface area contributed by atoms with Gasteiger partial charge in [-0.05, 0) is 57.4 Å². The zero-order chi connectivity index (χ0) is 12.4. The second-order valence-electron chi connectivity index (χ2n) is 4.64. The minimum atomic E-state index is -1.50. The van der Waals surface area contributed by atoms with Gasteiger partial charge in [0.1, 0.15) is 0 Å². The largest absolute Gasteiger partial charge is 0.414 e. The molecule has 0 saturated heterocycles. The highest BCUT2D eigenvalue weighted by Crippen LogP contribution is 2.26. The van der Waals surface area contributed by atoms with Gasteiger partial charge in [-0.15, -0.1) is 0 Å². The molecular weight excluding hydrogens is 216 g/mol. The Balaban J connectivity index is 4.17. The summed E-state index contributed by atoms with van der Waals surface area (Å²) >= 11 is 0. The van der Waals surface area contributed by atoms with Crippen LogP contribution in [0.5, 0.6) is 0 Å². The highest BCUT2D eigenvalue weighted by atomic mass is 28.4. The van der Waals surface area contributed by atoms with Crippen molar-refractivity contribution in [3.63, 3.8) is 0 Å². The van der Waals surface area contributed by atoms with Gasteiger partial charge in [-0.3, -0.25) is 0 Å². The second kappa shape index (κ2) is 9.16. The molecular formula is C12H30N2OSi. The summed E-state index contributed by atoms with van der Waals surface area (Å²) in [4.78, 5) is 0. The summed E-state index contributed by atoms with van der Waals surface area (Å²) in [5, 5.41) is 0. The lowest BCUT2D eigenvalue weighted by Crippen LogP contribution is -2.40. The Hall–Kier alpha value is 0.0969. The van der Waals surface area contributed by atoms with E-state index in [1.807, 2.05) is 0 Å². The fourth-order valence-corrected chi connectivity index (χ4v) is 5.62. The molecule has 0 saturated carbocycles. The molecule has 0 bridgehead atoms. The molecule has 0 amide bonds. The van der Waals surface area contributed by atoms with Crippen LogP contribution in [-0.2, 0) is 4.43 Å². The van der Waals surface area contributed by atoms with Crippen LogP contribution in [0, 0.1) is 0 Å². The maximum absolute atomic E-state index is 6.37. The molecule has 0 aliphatic heterocycles. The Morgan fingerprint density at radius 1 is 1.06 bits per heavy atom. The van der Waals surface area contributed by atoms with E-state index < -0.39 is 8.32 Å². The molecule has 0 heterocycles. The highest BCUT2D eigenvalue weighted by molar-refractivity contribution is 6.73. The van der Waals surface area contributed by atoms with Crippen molar-refractivity contribution in [3.05, 3.63) is 0 Å². The van der Waals surface area contributed by atoms with Crippen molar-refractivity contribution in [3.8, 4) is 0 Å². The molecule has 0 rings (SSSR count). The van der Waals surface area contributed by atoms with E-state index in [0.717, 1.165) is 32.4 Å². The van der Waals surface area contributed by atoms with Crippen LogP contribution in [-0.4, -0.2) is 27.5 Å². The minimum absolute atomic E-state index is 0.368. The van der Waals surface area contributed by atoms with Gasteiger partial charge in [-0.25, -0.2) is 0 Å². The SMILES string of the molecule is CC[Si](CC)(CCCN)OC(C)CCCN. The summed E-state index contributed by atoms with van der Waals surface area (Å²) in [6.45, 7) is 8.27. The van der Waals surface area contributed by atoms with Gasteiger partial charge in [0.2, 0.25) is 0 Å². The minimum Gasteiger partial charge on any atom is -0.414 e. The molecule has 4 N–H and O–H groups in total. The zero-order valence-electron chi connectivity index (χ0n) is 11.3. The summed E-state index contributed by atoms with van der Waals surface area (Å²) < 4.78 is 6.37. The molecule has 0 aliphatic rings. The molecule has 3 nitrogen and oxygen atoms in total. The number of hydrogen-bond donors (Lipinski definition) is 2. The van der Waals surface area contributed by atoms with Gasteiger partial charge in [0.05, 0.1) is 0 Å². The normalized spacial score (nSPS) is 14.1. The monoisotopic (exact) mass is 246 g/mol. The van der Waals surface area contributed by atoms with Crippen molar-refractivity contribution in [2.75, 3.05) is 13.1 Å². The van der Waals surface area contributed by atoms with Crippen LogP contribution in [0.4, 0.5) is 0 Å². The summed E-state index contributed by atoms with van der Waals surface area (Å²) in [7, 11) is -1.50. The standard InChI is InChI=1S/C12H30N2OSi/c1-4-16(5-2,11-7-10-14)15-12(3)8-6-9-13/h12H,4-11,13-14H2,1-3H3. The molecule has 16 heavy (non-hydrogen) atoms. The fraction of sp³-hybridized carbons (Fsp3) is 1.00. The molecule has 0 fully saturated rings. The van der Waals surface area contributed by atoms with Crippen molar-refractivity contribution in [2.24, 2.45) is 11.5 Å². The summed E-state index contributed by atoms with van der Waals surface area (Å²) in [6, 6.07) is 3.62.